The summed E-state index contributed by atoms with van der Waals surface area (Å²) in [6, 6.07) is 7.83. The van der Waals surface area contributed by atoms with Gasteiger partial charge < -0.3 is 10.2 Å². The van der Waals surface area contributed by atoms with Gasteiger partial charge in [0.05, 0.1) is 0 Å². The maximum atomic E-state index is 12.5. The predicted octanol–water partition coefficient (Wildman–Crippen LogP) is 2.29. The first-order valence-electron chi connectivity index (χ1n) is 8.12. The molecule has 2 aliphatic rings. The van der Waals surface area contributed by atoms with Crippen molar-refractivity contribution in [3.8, 4) is 0 Å². The van der Waals surface area contributed by atoms with Crippen LogP contribution >= 0.6 is 0 Å². The van der Waals surface area contributed by atoms with Gasteiger partial charge in [-0.25, -0.2) is 0 Å². The molecule has 2 fully saturated rings. The van der Waals surface area contributed by atoms with Crippen LogP contribution in [-0.2, 0) is 0 Å². The zero-order chi connectivity index (χ0) is 14.7. The number of hydrogen-bond acceptors (Lipinski definition) is 3. The van der Waals surface area contributed by atoms with E-state index in [1.165, 1.54) is 19.4 Å². The Morgan fingerprint density at radius 2 is 1.81 bits per heavy atom. The average molecular weight is 287 g/mol. The maximum absolute atomic E-state index is 12.5. The SMILES string of the molecule is CCNc1ccc(C(=O)N2CCN(CC3CC3)CC2)cc1. The lowest BCUT2D eigenvalue weighted by molar-refractivity contribution is 0.0632. The van der Waals surface area contributed by atoms with Gasteiger partial charge in [-0.2, -0.15) is 0 Å². The molecule has 1 aromatic rings. The minimum atomic E-state index is 0.170. The maximum Gasteiger partial charge on any atom is 0.253 e. The topological polar surface area (TPSA) is 35.6 Å². The number of nitrogens with one attached hydrogen (secondary N) is 1. The molecule has 4 nitrogen and oxygen atoms in total. The summed E-state index contributed by atoms with van der Waals surface area (Å²) in [5, 5.41) is 3.25. The zero-order valence-electron chi connectivity index (χ0n) is 12.8. The largest absolute Gasteiger partial charge is 0.385 e. The van der Waals surface area contributed by atoms with Crippen molar-refractivity contribution in [1.29, 1.82) is 0 Å². The second-order valence-electron chi connectivity index (χ2n) is 6.14. The average Bonchev–Trinajstić information content (AvgIpc) is 3.32. The molecule has 0 radical (unpaired) electrons. The highest BCUT2D eigenvalue weighted by Gasteiger charge is 2.27. The second kappa shape index (κ2) is 6.48. The van der Waals surface area contributed by atoms with Gasteiger partial charge in [0, 0.05) is 50.5 Å². The number of nitrogens with zero attached hydrogens (tertiary/aromatic N) is 2. The highest BCUT2D eigenvalue weighted by molar-refractivity contribution is 5.94. The molecule has 3 rings (SSSR count). The Hall–Kier alpha value is -1.55. The van der Waals surface area contributed by atoms with Crippen LogP contribution in [0.4, 0.5) is 5.69 Å². The Morgan fingerprint density at radius 1 is 1.14 bits per heavy atom. The Balaban J connectivity index is 1.52. The van der Waals surface area contributed by atoms with Crippen molar-refractivity contribution in [2.45, 2.75) is 19.8 Å². The van der Waals surface area contributed by atoms with E-state index in [2.05, 4.69) is 17.1 Å². The van der Waals surface area contributed by atoms with Crippen LogP contribution in [0.2, 0.25) is 0 Å². The van der Waals surface area contributed by atoms with Crippen molar-refractivity contribution < 1.29 is 4.79 Å². The van der Waals surface area contributed by atoms with E-state index < -0.39 is 0 Å². The molecule has 1 aliphatic carbocycles. The summed E-state index contributed by atoms with van der Waals surface area (Å²) in [6.07, 6.45) is 2.80. The van der Waals surface area contributed by atoms with Gasteiger partial charge >= 0.3 is 0 Å². The van der Waals surface area contributed by atoms with E-state index >= 15 is 0 Å². The number of hydrogen-bond donors (Lipinski definition) is 1. The minimum absolute atomic E-state index is 0.170. The number of carbonyl (C=O) groups excluding carboxylic acids is 1. The molecular formula is C17H25N3O. The first kappa shape index (κ1) is 14.4. The number of rotatable bonds is 5. The van der Waals surface area contributed by atoms with Crippen molar-refractivity contribution in [2.24, 2.45) is 5.92 Å². The highest BCUT2D eigenvalue weighted by atomic mass is 16.2. The number of benzene rings is 1. The van der Waals surface area contributed by atoms with E-state index in [4.69, 9.17) is 0 Å². The van der Waals surface area contributed by atoms with Crippen LogP contribution in [0.5, 0.6) is 0 Å². The van der Waals surface area contributed by atoms with Crippen molar-refractivity contribution in [1.82, 2.24) is 9.80 Å². The van der Waals surface area contributed by atoms with Crippen LogP contribution in [0.25, 0.3) is 0 Å². The molecule has 0 atom stereocenters. The van der Waals surface area contributed by atoms with E-state index in [-0.39, 0.29) is 5.91 Å². The zero-order valence-corrected chi connectivity index (χ0v) is 12.8. The Bertz CT molecular complexity index is 473. The first-order chi connectivity index (χ1) is 10.3. The second-order valence-corrected chi connectivity index (χ2v) is 6.14. The van der Waals surface area contributed by atoms with Crippen LogP contribution in [0.3, 0.4) is 0 Å². The van der Waals surface area contributed by atoms with Gasteiger partial charge in [-0.3, -0.25) is 9.69 Å². The molecule has 1 saturated carbocycles. The van der Waals surface area contributed by atoms with Crippen LogP contribution in [0, 0.1) is 5.92 Å². The van der Waals surface area contributed by atoms with Gasteiger partial charge in [0.2, 0.25) is 0 Å². The lowest BCUT2D eigenvalue weighted by Gasteiger charge is -2.34. The summed E-state index contributed by atoms with van der Waals surface area (Å²) in [6.45, 7) is 7.98. The normalized spacial score (nSPS) is 19.6. The molecule has 114 valence electrons. The fraction of sp³-hybridized carbons (Fsp3) is 0.588. The minimum Gasteiger partial charge on any atom is -0.385 e. The molecule has 1 heterocycles. The smallest absolute Gasteiger partial charge is 0.253 e. The fourth-order valence-electron chi connectivity index (χ4n) is 2.92. The van der Waals surface area contributed by atoms with E-state index in [0.717, 1.165) is 49.9 Å². The molecule has 1 N–H and O–H groups in total. The summed E-state index contributed by atoms with van der Waals surface area (Å²) >= 11 is 0. The highest BCUT2D eigenvalue weighted by Crippen LogP contribution is 2.30. The molecule has 21 heavy (non-hydrogen) atoms. The van der Waals surface area contributed by atoms with E-state index in [9.17, 15) is 4.79 Å². The van der Waals surface area contributed by atoms with Gasteiger partial charge in [-0.1, -0.05) is 0 Å². The van der Waals surface area contributed by atoms with Gasteiger partial charge in [0.15, 0.2) is 0 Å². The first-order valence-corrected chi connectivity index (χ1v) is 8.12. The van der Waals surface area contributed by atoms with Crippen molar-refractivity contribution in [2.75, 3.05) is 44.6 Å². The summed E-state index contributed by atoms with van der Waals surface area (Å²) in [5.41, 5.74) is 1.87. The standard InChI is InChI=1S/C17H25N3O/c1-2-18-16-7-5-15(6-8-16)17(21)20-11-9-19(10-12-20)13-14-3-4-14/h5-8,14,18H,2-4,9-13H2,1H3. The van der Waals surface area contributed by atoms with Crippen LogP contribution in [0.1, 0.15) is 30.1 Å². The molecule has 0 spiro atoms. The molecule has 1 aliphatic heterocycles. The van der Waals surface area contributed by atoms with Crippen LogP contribution in [-0.4, -0.2) is 55.0 Å². The summed E-state index contributed by atoms with van der Waals surface area (Å²) in [4.78, 5) is 17.0. The number of piperazine rings is 1. The van der Waals surface area contributed by atoms with Crippen molar-refractivity contribution >= 4 is 11.6 Å². The monoisotopic (exact) mass is 287 g/mol. The van der Waals surface area contributed by atoms with Crippen LogP contribution < -0.4 is 5.32 Å². The predicted molar refractivity (Wildman–Crippen MR) is 85.7 cm³/mol. The summed E-state index contributed by atoms with van der Waals surface area (Å²) in [5.74, 6) is 1.11. The van der Waals surface area contributed by atoms with Crippen molar-refractivity contribution in [3.63, 3.8) is 0 Å². The summed E-state index contributed by atoms with van der Waals surface area (Å²) in [7, 11) is 0. The third kappa shape index (κ3) is 3.76. The number of amides is 1. The third-order valence-electron chi connectivity index (χ3n) is 4.39. The molecule has 1 aromatic carbocycles. The fourth-order valence-corrected chi connectivity index (χ4v) is 2.92. The molecule has 1 saturated heterocycles. The van der Waals surface area contributed by atoms with E-state index in [1.54, 1.807) is 0 Å². The summed E-state index contributed by atoms with van der Waals surface area (Å²) < 4.78 is 0. The van der Waals surface area contributed by atoms with Gasteiger partial charge in [-0.05, 0) is 49.9 Å². The Kier molecular flexibility index (Phi) is 4.44. The molecule has 4 heteroatoms. The molecular weight excluding hydrogens is 262 g/mol. The van der Waals surface area contributed by atoms with E-state index in [1.807, 2.05) is 29.2 Å². The van der Waals surface area contributed by atoms with Crippen LogP contribution in [0.15, 0.2) is 24.3 Å². The Labute approximate surface area is 127 Å². The molecule has 0 bridgehead atoms. The number of anilines is 1. The van der Waals surface area contributed by atoms with E-state index in [0.29, 0.717) is 0 Å². The lowest BCUT2D eigenvalue weighted by Crippen LogP contribution is -2.49. The quantitative estimate of drug-likeness (QED) is 0.902. The third-order valence-corrected chi connectivity index (χ3v) is 4.39. The van der Waals surface area contributed by atoms with Gasteiger partial charge in [-0.15, -0.1) is 0 Å². The molecule has 1 amide bonds. The Morgan fingerprint density at radius 3 is 2.38 bits per heavy atom. The molecule has 0 aromatic heterocycles. The lowest BCUT2D eigenvalue weighted by atomic mass is 10.1. The number of carbonyl (C=O) groups is 1. The van der Waals surface area contributed by atoms with Gasteiger partial charge in [0.25, 0.3) is 5.91 Å². The van der Waals surface area contributed by atoms with Crippen molar-refractivity contribution in [3.05, 3.63) is 29.8 Å². The van der Waals surface area contributed by atoms with Gasteiger partial charge in [0.1, 0.15) is 0 Å². The molecule has 0 unspecified atom stereocenters.